The van der Waals surface area contributed by atoms with Gasteiger partial charge in [-0.3, -0.25) is 14.5 Å². The first-order valence-corrected chi connectivity index (χ1v) is 12.2. The van der Waals surface area contributed by atoms with E-state index < -0.39 is 41.7 Å². The molecule has 0 unspecified atom stereocenters. The Morgan fingerprint density at radius 3 is 2.61 bits per heavy atom. The molecule has 4 amide bonds. The molecule has 11 heteroatoms. The molecular formula is C27H29F3N4O4. The van der Waals surface area contributed by atoms with Crippen molar-refractivity contribution in [1.29, 1.82) is 0 Å². The van der Waals surface area contributed by atoms with Gasteiger partial charge in [-0.15, -0.1) is 6.58 Å². The highest BCUT2D eigenvalue weighted by Crippen LogP contribution is 2.42. The normalized spacial score (nSPS) is 18.5. The summed E-state index contributed by atoms with van der Waals surface area (Å²) in [5.41, 5.74) is -0.920. The maximum absolute atomic E-state index is 13.9. The van der Waals surface area contributed by atoms with E-state index in [9.17, 15) is 27.6 Å². The first kappa shape index (κ1) is 27.0. The van der Waals surface area contributed by atoms with Crippen LogP contribution in [-0.2, 0) is 22.3 Å². The standard InChI is InChI=1S/C27H29F3N4O4/c1-4-11-33-21-15-34(20(13-16(2)3)24(35)31-14-17-8-7-12-38-17)25(36)22(21)23(32-26(33)37)18-9-5-6-10-19(18)27(28,29)30/h4-10,12,16,20,23H,1,11,13-15H2,2-3H3,(H,31,35)(H,32,37)/t20-,23+/m1/s1. The van der Waals surface area contributed by atoms with E-state index in [1.54, 1.807) is 12.1 Å². The van der Waals surface area contributed by atoms with E-state index in [1.807, 2.05) is 13.8 Å². The van der Waals surface area contributed by atoms with Gasteiger partial charge in [-0.25, -0.2) is 4.79 Å². The summed E-state index contributed by atoms with van der Waals surface area (Å²) in [4.78, 5) is 42.8. The van der Waals surface area contributed by atoms with Crippen molar-refractivity contribution < 1.29 is 32.0 Å². The molecule has 2 atom stereocenters. The van der Waals surface area contributed by atoms with Gasteiger partial charge in [0.2, 0.25) is 5.91 Å². The number of furan rings is 1. The lowest BCUT2D eigenvalue weighted by Crippen LogP contribution is -2.49. The van der Waals surface area contributed by atoms with Crippen LogP contribution in [0.3, 0.4) is 0 Å². The van der Waals surface area contributed by atoms with E-state index in [1.165, 1.54) is 40.3 Å². The number of nitrogens with zero attached hydrogens (tertiary/aromatic N) is 2. The molecule has 8 nitrogen and oxygen atoms in total. The number of urea groups is 1. The van der Waals surface area contributed by atoms with Crippen LogP contribution in [0.4, 0.5) is 18.0 Å². The Labute approximate surface area is 218 Å². The molecule has 0 spiro atoms. The van der Waals surface area contributed by atoms with Crippen LogP contribution in [0.5, 0.6) is 0 Å². The fraction of sp³-hybridized carbons (Fsp3) is 0.370. The zero-order chi connectivity index (χ0) is 27.6. The predicted molar refractivity (Wildman–Crippen MR) is 132 cm³/mol. The Hall–Kier alpha value is -4.02. The zero-order valence-corrected chi connectivity index (χ0v) is 21.0. The summed E-state index contributed by atoms with van der Waals surface area (Å²) in [5.74, 6) is -0.479. The summed E-state index contributed by atoms with van der Waals surface area (Å²) in [5, 5.41) is 5.36. The molecule has 3 heterocycles. The van der Waals surface area contributed by atoms with Crippen molar-refractivity contribution in [2.75, 3.05) is 13.1 Å². The quantitative estimate of drug-likeness (QED) is 0.471. The summed E-state index contributed by atoms with van der Waals surface area (Å²) in [6.45, 7) is 7.50. The van der Waals surface area contributed by atoms with Gasteiger partial charge in [0.05, 0.1) is 42.2 Å². The van der Waals surface area contributed by atoms with Crippen LogP contribution < -0.4 is 10.6 Å². The molecule has 2 aromatic rings. The molecule has 2 N–H and O–H groups in total. The Kier molecular flexibility index (Phi) is 7.66. The number of carbonyl (C=O) groups is 3. The second-order valence-corrected chi connectivity index (χ2v) is 9.60. The Bertz CT molecular complexity index is 1250. The minimum Gasteiger partial charge on any atom is -0.467 e. The van der Waals surface area contributed by atoms with E-state index in [2.05, 4.69) is 17.2 Å². The molecule has 4 rings (SSSR count). The maximum Gasteiger partial charge on any atom is 0.416 e. The molecule has 0 aliphatic carbocycles. The third-order valence-electron chi connectivity index (χ3n) is 6.53. The number of halogens is 3. The van der Waals surface area contributed by atoms with E-state index in [4.69, 9.17) is 4.42 Å². The van der Waals surface area contributed by atoms with Crippen molar-refractivity contribution in [3.05, 3.63) is 83.5 Å². The summed E-state index contributed by atoms with van der Waals surface area (Å²) in [6, 6.07) is 5.33. The third kappa shape index (κ3) is 5.32. The molecule has 0 saturated heterocycles. The molecule has 2 aliphatic rings. The second kappa shape index (κ2) is 10.8. The molecule has 202 valence electrons. The molecule has 0 bridgehead atoms. The Balaban J connectivity index is 1.72. The molecule has 1 aromatic carbocycles. The number of hydrogen-bond acceptors (Lipinski definition) is 4. The smallest absolute Gasteiger partial charge is 0.416 e. The number of nitrogens with one attached hydrogen (secondary N) is 2. The van der Waals surface area contributed by atoms with Gasteiger partial charge < -0.3 is 20.0 Å². The van der Waals surface area contributed by atoms with Gasteiger partial charge >= 0.3 is 12.2 Å². The molecule has 38 heavy (non-hydrogen) atoms. The monoisotopic (exact) mass is 530 g/mol. The molecule has 0 fully saturated rings. The average molecular weight is 531 g/mol. The van der Waals surface area contributed by atoms with Gasteiger partial charge in [-0.1, -0.05) is 38.1 Å². The van der Waals surface area contributed by atoms with Crippen molar-refractivity contribution in [2.24, 2.45) is 5.92 Å². The van der Waals surface area contributed by atoms with Gasteiger partial charge in [0.25, 0.3) is 5.91 Å². The predicted octanol–water partition coefficient (Wildman–Crippen LogP) is 4.38. The maximum atomic E-state index is 13.9. The second-order valence-electron chi connectivity index (χ2n) is 9.60. The van der Waals surface area contributed by atoms with Crippen molar-refractivity contribution in [3.63, 3.8) is 0 Å². The van der Waals surface area contributed by atoms with Crippen LogP contribution >= 0.6 is 0 Å². The molecule has 0 radical (unpaired) electrons. The average Bonchev–Trinajstić information content (AvgIpc) is 3.50. The minimum absolute atomic E-state index is 0.00995. The van der Waals surface area contributed by atoms with Crippen molar-refractivity contribution in [3.8, 4) is 0 Å². The Morgan fingerprint density at radius 1 is 1.24 bits per heavy atom. The van der Waals surface area contributed by atoms with Crippen molar-refractivity contribution in [2.45, 2.75) is 45.1 Å². The summed E-state index contributed by atoms with van der Waals surface area (Å²) in [6.07, 6.45) is -1.45. The molecule has 2 aliphatic heterocycles. The van der Waals surface area contributed by atoms with Crippen LogP contribution in [-0.4, -0.2) is 46.8 Å². The zero-order valence-electron chi connectivity index (χ0n) is 21.0. The largest absolute Gasteiger partial charge is 0.467 e. The minimum atomic E-state index is -4.70. The van der Waals surface area contributed by atoms with Gasteiger partial charge in [-0.2, -0.15) is 13.2 Å². The van der Waals surface area contributed by atoms with Crippen LogP contribution in [0.1, 0.15) is 43.2 Å². The van der Waals surface area contributed by atoms with Gasteiger partial charge in [0.1, 0.15) is 11.8 Å². The van der Waals surface area contributed by atoms with Crippen molar-refractivity contribution in [1.82, 2.24) is 20.4 Å². The van der Waals surface area contributed by atoms with Crippen LogP contribution in [0.25, 0.3) is 0 Å². The van der Waals surface area contributed by atoms with E-state index in [-0.39, 0.29) is 42.4 Å². The topological polar surface area (TPSA) is 94.9 Å². The molecular weight excluding hydrogens is 501 g/mol. The van der Waals surface area contributed by atoms with Gasteiger partial charge in [0, 0.05) is 6.54 Å². The summed E-state index contributed by atoms with van der Waals surface area (Å²) in [7, 11) is 0. The lowest BCUT2D eigenvalue weighted by atomic mass is 9.91. The Morgan fingerprint density at radius 2 is 1.97 bits per heavy atom. The van der Waals surface area contributed by atoms with Crippen LogP contribution in [0, 0.1) is 5.92 Å². The summed E-state index contributed by atoms with van der Waals surface area (Å²) < 4.78 is 46.9. The highest BCUT2D eigenvalue weighted by Gasteiger charge is 2.48. The number of amides is 4. The third-order valence-corrected chi connectivity index (χ3v) is 6.53. The van der Waals surface area contributed by atoms with E-state index in [0.29, 0.717) is 12.2 Å². The number of carbonyl (C=O) groups excluding carboxylic acids is 3. The fourth-order valence-electron chi connectivity index (χ4n) is 4.86. The highest BCUT2D eigenvalue weighted by molar-refractivity contribution is 6.03. The number of benzene rings is 1. The van der Waals surface area contributed by atoms with Gasteiger partial charge in [-0.05, 0) is 36.1 Å². The number of hydrogen-bond donors (Lipinski definition) is 2. The number of alkyl halides is 3. The fourth-order valence-corrected chi connectivity index (χ4v) is 4.86. The lowest BCUT2D eigenvalue weighted by molar-refractivity contribution is -0.139. The van der Waals surface area contributed by atoms with E-state index >= 15 is 0 Å². The molecule has 0 saturated carbocycles. The van der Waals surface area contributed by atoms with E-state index in [0.717, 1.165) is 6.07 Å². The first-order valence-electron chi connectivity index (χ1n) is 12.2. The molecule has 1 aromatic heterocycles. The number of rotatable bonds is 9. The van der Waals surface area contributed by atoms with Gasteiger partial charge in [0.15, 0.2) is 0 Å². The van der Waals surface area contributed by atoms with Crippen LogP contribution in [0.2, 0.25) is 0 Å². The highest BCUT2D eigenvalue weighted by atomic mass is 19.4. The van der Waals surface area contributed by atoms with Crippen molar-refractivity contribution >= 4 is 17.8 Å². The lowest BCUT2D eigenvalue weighted by Gasteiger charge is -2.33. The first-order chi connectivity index (χ1) is 18.0. The van der Waals surface area contributed by atoms with Crippen LogP contribution in [0.15, 0.2) is 71.0 Å². The SMILES string of the molecule is C=CCN1C(=O)N[C@@H](c2ccccc2C(F)(F)F)C2=C1CN([C@H](CC(C)C)C(=O)NCc1ccco1)C2=O. The summed E-state index contributed by atoms with van der Waals surface area (Å²) >= 11 is 0.